The fraction of sp³-hybridized carbons (Fsp3) is 0.522. The molecule has 3 heterocycles. The maximum absolute atomic E-state index is 12.9. The first-order chi connectivity index (χ1) is 15.1. The number of nitrogens with one attached hydrogen (secondary N) is 1. The fourth-order valence-electron chi connectivity index (χ4n) is 4.52. The number of nitrogens with zero attached hydrogens (tertiary/aromatic N) is 2. The molecule has 1 aromatic carbocycles. The molecule has 0 saturated carbocycles. The Morgan fingerprint density at radius 2 is 1.90 bits per heavy atom. The molecule has 2 aliphatic rings. The highest BCUT2D eigenvalue weighted by Gasteiger charge is 2.25. The third kappa shape index (κ3) is 5.55. The highest BCUT2D eigenvalue weighted by atomic mass is 19.3. The van der Waals surface area contributed by atoms with Crippen LogP contribution in [0.4, 0.5) is 20.3 Å². The van der Waals surface area contributed by atoms with Gasteiger partial charge in [0.25, 0.3) is 5.56 Å². The zero-order chi connectivity index (χ0) is 21.6. The summed E-state index contributed by atoms with van der Waals surface area (Å²) < 4.78 is 35.9. The molecule has 1 atom stereocenters. The Balaban J connectivity index is 1.62. The minimum Gasteiger partial charge on any atom is -0.435 e. The normalized spacial score (nSPS) is 20.0. The van der Waals surface area contributed by atoms with E-state index < -0.39 is 6.61 Å². The van der Waals surface area contributed by atoms with Gasteiger partial charge in [0.15, 0.2) is 0 Å². The molecule has 0 bridgehead atoms. The molecule has 31 heavy (non-hydrogen) atoms. The summed E-state index contributed by atoms with van der Waals surface area (Å²) in [6, 6.07) is 10.7. The highest BCUT2D eigenvalue weighted by molar-refractivity contribution is 5.56. The van der Waals surface area contributed by atoms with Crippen LogP contribution in [-0.4, -0.2) is 50.5 Å². The standard InChI is InChI=1S/C23H29F2N3O3/c24-23(25)31-20-8-4-3-6-17(20)14-18-7-2-1-5-9-28(18)21-15-19(16-22(29)26-21)27-10-12-30-13-11-27/h3-4,6,8,15-16,18,23H,1-2,5,7,9-14H2,(H,26,29)/t18-/m1/s1. The quantitative estimate of drug-likeness (QED) is 0.751. The van der Waals surface area contributed by atoms with E-state index in [1.54, 1.807) is 18.2 Å². The minimum atomic E-state index is -2.85. The van der Waals surface area contributed by atoms with Crippen molar-refractivity contribution in [3.05, 3.63) is 52.3 Å². The molecular formula is C23H29F2N3O3. The summed E-state index contributed by atoms with van der Waals surface area (Å²) in [4.78, 5) is 19.9. The Morgan fingerprint density at radius 1 is 1.10 bits per heavy atom. The molecular weight excluding hydrogens is 404 g/mol. The summed E-state index contributed by atoms with van der Waals surface area (Å²) in [5.41, 5.74) is 1.52. The van der Waals surface area contributed by atoms with Gasteiger partial charge in [0.1, 0.15) is 11.6 Å². The number of ether oxygens (including phenoxy) is 2. The first kappa shape index (κ1) is 21.6. The zero-order valence-electron chi connectivity index (χ0n) is 17.6. The molecule has 6 nitrogen and oxygen atoms in total. The van der Waals surface area contributed by atoms with Crippen molar-refractivity contribution in [2.24, 2.45) is 0 Å². The molecule has 0 radical (unpaired) electrons. The number of morpholine rings is 1. The van der Waals surface area contributed by atoms with Gasteiger partial charge in [-0.25, -0.2) is 0 Å². The van der Waals surface area contributed by atoms with Gasteiger partial charge in [0.2, 0.25) is 0 Å². The number of anilines is 2. The van der Waals surface area contributed by atoms with E-state index in [0.717, 1.165) is 62.4 Å². The molecule has 2 aromatic rings. The lowest BCUT2D eigenvalue weighted by molar-refractivity contribution is -0.0504. The van der Waals surface area contributed by atoms with Crippen molar-refractivity contribution in [3.63, 3.8) is 0 Å². The van der Waals surface area contributed by atoms with E-state index in [1.807, 2.05) is 18.2 Å². The number of hydrogen-bond acceptors (Lipinski definition) is 5. The summed E-state index contributed by atoms with van der Waals surface area (Å²) in [5, 5.41) is 0. The largest absolute Gasteiger partial charge is 0.435 e. The molecule has 4 rings (SSSR count). The van der Waals surface area contributed by atoms with Crippen molar-refractivity contribution in [1.29, 1.82) is 0 Å². The molecule has 2 aliphatic heterocycles. The van der Waals surface area contributed by atoms with E-state index in [-0.39, 0.29) is 17.4 Å². The lowest BCUT2D eigenvalue weighted by Gasteiger charge is -2.34. The predicted octanol–water partition coefficient (Wildman–Crippen LogP) is 3.80. The van der Waals surface area contributed by atoms with Gasteiger partial charge in [-0.2, -0.15) is 8.78 Å². The van der Waals surface area contributed by atoms with Crippen LogP contribution in [0.2, 0.25) is 0 Å². The molecule has 2 fully saturated rings. The molecule has 1 aromatic heterocycles. The van der Waals surface area contributed by atoms with E-state index >= 15 is 0 Å². The number of aromatic amines is 1. The molecule has 2 saturated heterocycles. The van der Waals surface area contributed by atoms with Crippen LogP contribution in [0.3, 0.4) is 0 Å². The zero-order valence-corrected chi connectivity index (χ0v) is 17.6. The number of aromatic nitrogens is 1. The summed E-state index contributed by atoms with van der Waals surface area (Å²) in [5.74, 6) is 1.01. The van der Waals surface area contributed by atoms with Crippen molar-refractivity contribution in [2.45, 2.75) is 44.8 Å². The molecule has 168 valence electrons. The number of rotatable bonds is 6. The topological polar surface area (TPSA) is 57.8 Å². The first-order valence-electron chi connectivity index (χ1n) is 11.0. The maximum atomic E-state index is 12.9. The SMILES string of the molecule is O=c1cc(N2CCOCC2)cc(N2CCCCC[C@@H]2Cc2ccccc2OC(F)F)[nH]1. The molecule has 0 unspecified atom stereocenters. The molecule has 0 amide bonds. The Bertz CT molecular complexity index is 915. The summed E-state index contributed by atoms with van der Waals surface area (Å²) in [6.07, 6.45) is 4.69. The van der Waals surface area contributed by atoms with Gasteiger partial charge in [-0.1, -0.05) is 31.0 Å². The van der Waals surface area contributed by atoms with Gasteiger partial charge in [-0.3, -0.25) is 4.79 Å². The van der Waals surface area contributed by atoms with E-state index in [1.165, 1.54) is 0 Å². The smallest absolute Gasteiger partial charge is 0.387 e. The van der Waals surface area contributed by atoms with Crippen molar-refractivity contribution in [1.82, 2.24) is 4.98 Å². The van der Waals surface area contributed by atoms with Crippen molar-refractivity contribution >= 4 is 11.5 Å². The number of halogens is 2. The number of alkyl halides is 2. The van der Waals surface area contributed by atoms with E-state index in [2.05, 4.69) is 14.8 Å². The molecule has 0 aliphatic carbocycles. The fourth-order valence-corrected chi connectivity index (χ4v) is 4.52. The second-order valence-corrected chi connectivity index (χ2v) is 8.07. The van der Waals surface area contributed by atoms with Gasteiger partial charge in [0, 0.05) is 43.5 Å². The minimum absolute atomic E-state index is 0.0838. The van der Waals surface area contributed by atoms with Crippen LogP contribution in [-0.2, 0) is 11.2 Å². The number of H-pyrrole nitrogens is 1. The number of hydrogen-bond donors (Lipinski definition) is 1. The van der Waals surface area contributed by atoms with Gasteiger partial charge in [-0.05, 0) is 30.9 Å². The molecule has 1 N–H and O–H groups in total. The van der Waals surface area contributed by atoms with Gasteiger partial charge >= 0.3 is 6.61 Å². The van der Waals surface area contributed by atoms with Crippen molar-refractivity contribution in [2.75, 3.05) is 42.6 Å². The monoisotopic (exact) mass is 433 g/mol. The van der Waals surface area contributed by atoms with E-state index in [9.17, 15) is 13.6 Å². The van der Waals surface area contributed by atoms with Gasteiger partial charge in [0.05, 0.1) is 13.2 Å². The number of para-hydroxylation sites is 1. The van der Waals surface area contributed by atoms with Crippen LogP contribution < -0.4 is 20.1 Å². The van der Waals surface area contributed by atoms with Crippen LogP contribution >= 0.6 is 0 Å². The number of pyridine rings is 1. The van der Waals surface area contributed by atoms with Crippen molar-refractivity contribution in [3.8, 4) is 5.75 Å². The van der Waals surface area contributed by atoms with Crippen LogP contribution in [0, 0.1) is 0 Å². The van der Waals surface area contributed by atoms with Crippen LogP contribution in [0.1, 0.15) is 31.2 Å². The first-order valence-corrected chi connectivity index (χ1v) is 11.0. The Hall–Kier alpha value is -2.61. The van der Waals surface area contributed by atoms with Gasteiger partial charge < -0.3 is 24.3 Å². The van der Waals surface area contributed by atoms with E-state index in [0.29, 0.717) is 19.6 Å². The second kappa shape index (κ2) is 10.1. The molecule has 0 spiro atoms. The predicted molar refractivity (Wildman–Crippen MR) is 116 cm³/mol. The average molecular weight is 433 g/mol. The Kier molecular flexibility index (Phi) is 7.06. The van der Waals surface area contributed by atoms with E-state index in [4.69, 9.17) is 9.47 Å². The van der Waals surface area contributed by atoms with Crippen LogP contribution in [0.25, 0.3) is 0 Å². The van der Waals surface area contributed by atoms with Crippen LogP contribution in [0.5, 0.6) is 5.75 Å². The average Bonchev–Trinajstić information content (AvgIpc) is 3.00. The molecule has 8 heteroatoms. The third-order valence-corrected chi connectivity index (χ3v) is 6.02. The third-order valence-electron chi connectivity index (χ3n) is 6.02. The lowest BCUT2D eigenvalue weighted by Crippen LogP contribution is -2.39. The summed E-state index contributed by atoms with van der Waals surface area (Å²) in [7, 11) is 0. The van der Waals surface area contributed by atoms with Gasteiger partial charge in [-0.15, -0.1) is 0 Å². The maximum Gasteiger partial charge on any atom is 0.387 e. The van der Waals surface area contributed by atoms with Crippen molar-refractivity contribution < 1.29 is 18.3 Å². The summed E-state index contributed by atoms with van der Waals surface area (Å²) in [6.45, 7) is 0.762. The lowest BCUT2D eigenvalue weighted by atomic mass is 10.00. The Morgan fingerprint density at radius 3 is 2.71 bits per heavy atom. The summed E-state index contributed by atoms with van der Waals surface area (Å²) >= 11 is 0. The van der Waals surface area contributed by atoms with Crippen LogP contribution in [0.15, 0.2) is 41.2 Å². The highest BCUT2D eigenvalue weighted by Crippen LogP contribution is 2.30. The Labute approximate surface area is 180 Å². The number of benzene rings is 1. The second-order valence-electron chi connectivity index (χ2n) is 8.07.